The molecule has 1 atom stereocenters. The van der Waals surface area contributed by atoms with Crippen molar-refractivity contribution in [3.63, 3.8) is 0 Å². The minimum Gasteiger partial charge on any atom is -0.366 e. The molecule has 1 aromatic rings. The fraction of sp³-hybridized carbons (Fsp3) is 0.0500. The van der Waals surface area contributed by atoms with Crippen LogP contribution in [0.1, 0.15) is 37.8 Å². The second-order valence-electron chi connectivity index (χ2n) is 6.03. The minimum atomic E-state index is -0.617. The summed E-state index contributed by atoms with van der Waals surface area (Å²) in [7, 11) is 0. The van der Waals surface area contributed by atoms with Gasteiger partial charge in [0.25, 0.3) is 0 Å². The zero-order valence-corrected chi connectivity index (χ0v) is 13.2. The predicted octanol–water partition coefficient (Wildman–Crippen LogP) is 1.93. The van der Waals surface area contributed by atoms with Gasteiger partial charge >= 0.3 is 0 Å². The normalized spacial score (nSPS) is 19.9. The van der Waals surface area contributed by atoms with Gasteiger partial charge in [0.1, 0.15) is 0 Å². The Morgan fingerprint density at radius 2 is 1.64 bits per heavy atom. The van der Waals surface area contributed by atoms with Crippen molar-refractivity contribution in [2.45, 2.75) is 5.92 Å². The van der Waals surface area contributed by atoms with Gasteiger partial charge in [-0.05, 0) is 34.9 Å². The number of allylic oxidation sites excluding steroid dienone is 10. The second kappa shape index (κ2) is 5.27. The molecule has 25 heavy (non-hydrogen) atoms. The van der Waals surface area contributed by atoms with Crippen LogP contribution in [0.25, 0.3) is 5.57 Å². The average molecular weight is 330 g/mol. The van der Waals surface area contributed by atoms with Gasteiger partial charge in [0, 0.05) is 28.2 Å². The summed E-state index contributed by atoms with van der Waals surface area (Å²) in [5.41, 5.74) is 14.8. The average Bonchev–Trinajstić information content (AvgIpc) is 2.60. The van der Waals surface area contributed by atoms with Crippen LogP contribution in [0.15, 0.2) is 65.8 Å². The number of hydrogen-bond acceptors (Lipinski definition) is 3. The molecule has 0 spiro atoms. The molecule has 0 aromatic heterocycles. The van der Waals surface area contributed by atoms with E-state index >= 15 is 0 Å². The third-order valence-corrected chi connectivity index (χ3v) is 4.70. The van der Waals surface area contributed by atoms with E-state index in [0.29, 0.717) is 27.8 Å². The maximum Gasteiger partial charge on any atom is 0.249 e. The maximum atomic E-state index is 12.5. The van der Waals surface area contributed by atoms with Crippen LogP contribution in [-0.2, 0) is 4.79 Å². The number of hydrogen-bond donors (Lipinski definition) is 2. The first-order valence-electron chi connectivity index (χ1n) is 7.79. The van der Waals surface area contributed by atoms with Gasteiger partial charge in [0.2, 0.25) is 11.8 Å². The van der Waals surface area contributed by atoms with E-state index in [1.54, 1.807) is 12.2 Å². The largest absolute Gasteiger partial charge is 0.366 e. The fourth-order valence-electron chi connectivity index (χ4n) is 3.72. The van der Waals surface area contributed by atoms with E-state index in [4.69, 9.17) is 11.5 Å². The molecule has 0 saturated heterocycles. The van der Waals surface area contributed by atoms with E-state index in [1.165, 1.54) is 18.2 Å². The van der Waals surface area contributed by atoms with Crippen molar-refractivity contribution in [3.8, 4) is 0 Å². The molecule has 0 heterocycles. The van der Waals surface area contributed by atoms with E-state index < -0.39 is 11.8 Å². The Labute approximate surface area is 143 Å². The number of amides is 2. The van der Waals surface area contributed by atoms with E-state index in [0.717, 1.165) is 5.57 Å². The quantitative estimate of drug-likeness (QED) is 0.866. The van der Waals surface area contributed by atoms with Crippen LogP contribution in [0, 0.1) is 0 Å². The Bertz CT molecular complexity index is 1020. The molecule has 0 radical (unpaired) electrons. The summed E-state index contributed by atoms with van der Waals surface area (Å²) in [6.07, 6.45) is 12.3. The van der Waals surface area contributed by atoms with Crippen molar-refractivity contribution >= 4 is 23.2 Å². The van der Waals surface area contributed by atoms with Gasteiger partial charge in [-0.2, -0.15) is 0 Å². The van der Waals surface area contributed by atoms with Crippen molar-refractivity contribution in [2.75, 3.05) is 0 Å². The number of carbonyl (C=O) groups is 3. The molecule has 5 heteroatoms. The lowest BCUT2D eigenvalue weighted by atomic mass is 9.69. The summed E-state index contributed by atoms with van der Waals surface area (Å²) in [4.78, 5) is 36.5. The summed E-state index contributed by atoms with van der Waals surface area (Å²) in [5, 5.41) is 0. The lowest BCUT2D eigenvalue weighted by molar-refractivity contribution is -0.111. The molecule has 1 aromatic carbocycles. The Morgan fingerprint density at radius 1 is 0.920 bits per heavy atom. The zero-order chi connectivity index (χ0) is 17.7. The Hall–Kier alpha value is -3.47. The molecular formula is C20H14N2O3. The second-order valence-corrected chi connectivity index (χ2v) is 6.03. The van der Waals surface area contributed by atoms with Gasteiger partial charge in [-0.25, -0.2) is 0 Å². The SMILES string of the molecule is NC(=O)c1ccc(C(N)=O)c2c1C1=CC=CC(=O)C1=C1C=CC=CC12. The summed E-state index contributed by atoms with van der Waals surface area (Å²) in [5.74, 6) is -1.67. The molecule has 0 fully saturated rings. The lowest BCUT2D eigenvalue weighted by Gasteiger charge is -2.33. The highest BCUT2D eigenvalue weighted by molar-refractivity contribution is 6.22. The number of carbonyl (C=O) groups excluding carboxylic acids is 3. The van der Waals surface area contributed by atoms with Gasteiger partial charge in [0.15, 0.2) is 5.78 Å². The van der Waals surface area contributed by atoms with E-state index in [9.17, 15) is 14.4 Å². The van der Waals surface area contributed by atoms with Crippen LogP contribution < -0.4 is 11.5 Å². The molecule has 3 aliphatic carbocycles. The molecule has 1 unspecified atom stereocenters. The van der Waals surface area contributed by atoms with Crippen molar-refractivity contribution in [1.82, 2.24) is 0 Å². The highest BCUT2D eigenvalue weighted by atomic mass is 16.1. The Balaban J connectivity index is 2.17. The molecule has 0 bridgehead atoms. The summed E-state index contributed by atoms with van der Waals surface area (Å²) < 4.78 is 0. The van der Waals surface area contributed by atoms with Gasteiger partial charge in [-0.1, -0.05) is 36.5 Å². The summed E-state index contributed by atoms with van der Waals surface area (Å²) >= 11 is 0. The van der Waals surface area contributed by atoms with Crippen molar-refractivity contribution in [2.24, 2.45) is 11.5 Å². The van der Waals surface area contributed by atoms with Crippen molar-refractivity contribution in [3.05, 3.63) is 88.1 Å². The van der Waals surface area contributed by atoms with Gasteiger partial charge in [-0.3, -0.25) is 14.4 Å². The van der Waals surface area contributed by atoms with Gasteiger partial charge in [0.05, 0.1) is 0 Å². The lowest BCUT2D eigenvalue weighted by Crippen LogP contribution is -2.27. The van der Waals surface area contributed by atoms with Gasteiger partial charge < -0.3 is 11.5 Å². The number of nitrogens with two attached hydrogens (primary N) is 2. The third kappa shape index (κ3) is 2.06. The molecule has 2 amide bonds. The van der Waals surface area contributed by atoms with Crippen molar-refractivity contribution in [1.29, 1.82) is 0 Å². The first-order valence-corrected chi connectivity index (χ1v) is 7.79. The highest BCUT2D eigenvalue weighted by Gasteiger charge is 2.37. The van der Waals surface area contributed by atoms with Crippen LogP contribution in [-0.4, -0.2) is 17.6 Å². The highest BCUT2D eigenvalue weighted by Crippen LogP contribution is 2.48. The minimum absolute atomic E-state index is 0.136. The Kier molecular flexibility index (Phi) is 3.18. The third-order valence-electron chi connectivity index (χ3n) is 4.70. The van der Waals surface area contributed by atoms with Crippen LogP contribution >= 0.6 is 0 Å². The number of rotatable bonds is 2. The number of fused-ring (bicyclic) bond motifs is 5. The number of primary amides is 2. The molecule has 5 nitrogen and oxygen atoms in total. The monoisotopic (exact) mass is 330 g/mol. The summed E-state index contributed by atoms with van der Waals surface area (Å²) in [6, 6.07) is 3.02. The summed E-state index contributed by atoms with van der Waals surface area (Å²) in [6.45, 7) is 0. The topological polar surface area (TPSA) is 103 Å². The van der Waals surface area contributed by atoms with Crippen LogP contribution in [0.3, 0.4) is 0 Å². The van der Waals surface area contributed by atoms with Gasteiger partial charge in [-0.15, -0.1) is 0 Å². The zero-order valence-electron chi connectivity index (χ0n) is 13.2. The number of benzene rings is 1. The van der Waals surface area contributed by atoms with Crippen LogP contribution in [0.4, 0.5) is 0 Å². The molecule has 4 N–H and O–H groups in total. The molecule has 122 valence electrons. The fourth-order valence-corrected chi connectivity index (χ4v) is 3.72. The first kappa shape index (κ1) is 15.1. The molecule has 0 saturated carbocycles. The van der Waals surface area contributed by atoms with E-state index in [-0.39, 0.29) is 17.3 Å². The first-order chi connectivity index (χ1) is 12.0. The van der Waals surface area contributed by atoms with Crippen LogP contribution in [0.5, 0.6) is 0 Å². The van der Waals surface area contributed by atoms with Crippen LogP contribution in [0.2, 0.25) is 0 Å². The molecular weight excluding hydrogens is 316 g/mol. The maximum absolute atomic E-state index is 12.5. The Morgan fingerprint density at radius 3 is 2.36 bits per heavy atom. The van der Waals surface area contributed by atoms with Crippen molar-refractivity contribution < 1.29 is 14.4 Å². The smallest absolute Gasteiger partial charge is 0.249 e. The van der Waals surface area contributed by atoms with E-state index in [2.05, 4.69) is 0 Å². The number of ketones is 1. The molecule has 0 aliphatic heterocycles. The van der Waals surface area contributed by atoms with E-state index in [1.807, 2.05) is 24.3 Å². The molecule has 4 rings (SSSR count). The standard InChI is InChI=1S/C20H14N2O3/c21-19(24)13-8-9-14(20(22)25)18-12-6-3-7-15(23)16(12)10-4-1-2-5-11(10)17(13)18/h1-9,11H,(H2,21,24)(H2,22,25). The molecule has 3 aliphatic rings. The predicted molar refractivity (Wildman–Crippen MR) is 93.6 cm³/mol.